The molecular formula is C18H29NO2. The Kier molecular flexibility index (Phi) is 7.44. The fourth-order valence-corrected chi connectivity index (χ4v) is 2.76. The van der Waals surface area contributed by atoms with Crippen molar-refractivity contribution < 1.29 is 9.90 Å². The number of aliphatic carboxylic acids is 1. The summed E-state index contributed by atoms with van der Waals surface area (Å²) in [6, 6.07) is 7.74. The van der Waals surface area contributed by atoms with Crippen molar-refractivity contribution in [2.75, 3.05) is 6.54 Å². The van der Waals surface area contributed by atoms with Crippen LogP contribution in [0.15, 0.2) is 24.3 Å². The van der Waals surface area contributed by atoms with E-state index in [-0.39, 0.29) is 6.54 Å². The number of aryl methyl sites for hydroxylation is 1. The fourth-order valence-electron chi connectivity index (χ4n) is 2.76. The van der Waals surface area contributed by atoms with Crippen LogP contribution in [0.5, 0.6) is 0 Å². The summed E-state index contributed by atoms with van der Waals surface area (Å²) in [5.74, 6) is -0.803. The van der Waals surface area contributed by atoms with Crippen LogP contribution < -0.4 is 5.73 Å². The number of carbonyl (C=O) groups is 1. The molecule has 118 valence electrons. The molecule has 0 aliphatic heterocycles. The number of carboxylic acid groups (broad SMARTS) is 1. The molecule has 1 unspecified atom stereocenters. The zero-order valence-corrected chi connectivity index (χ0v) is 13.4. The van der Waals surface area contributed by atoms with Crippen LogP contribution in [0.2, 0.25) is 0 Å². The molecule has 21 heavy (non-hydrogen) atoms. The zero-order valence-electron chi connectivity index (χ0n) is 13.4. The molecule has 1 aromatic carbocycles. The molecule has 1 aromatic rings. The third kappa shape index (κ3) is 4.85. The summed E-state index contributed by atoms with van der Waals surface area (Å²) in [6.07, 6.45) is 7.53. The van der Waals surface area contributed by atoms with E-state index in [0.717, 1.165) is 24.0 Å². The molecule has 0 aliphatic carbocycles. The molecule has 0 amide bonds. The Morgan fingerprint density at radius 1 is 1.10 bits per heavy atom. The average Bonchev–Trinajstić information content (AvgIpc) is 2.48. The standard InChI is InChI=1S/C18H29NO2/c1-3-4-5-6-7-8-13-18(14-19,17(20)21)16-11-9-15(2)10-12-16/h9-12H,3-8,13-14,19H2,1-2H3,(H,20,21). The summed E-state index contributed by atoms with van der Waals surface area (Å²) in [5.41, 5.74) is 6.89. The number of rotatable bonds is 10. The topological polar surface area (TPSA) is 63.3 Å². The number of nitrogens with two attached hydrogens (primary N) is 1. The van der Waals surface area contributed by atoms with E-state index in [1.807, 2.05) is 31.2 Å². The monoisotopic (exact) mass is 291 g/mol. The van der Waals surface area contributed by atoms with Crippen molar-refractivity contribution in [3.05, 3.63) is 35.4 Å². The van der Waals surface area contributed by atoms with Gasteiger partial charge < -0.3 is 10.8 Å². The van der Waals surface area contributed by atoms with Crippen LogP contribution in [0.3, 0.4) is 0 Å². The van der Waals surface area contributed by atoms with Crippen molar-refractivity contribution in [3.8, 4) is 0 Å². The van der Waals surface area contributed by atoms with Crippen LogP contribution >= 0.6 is 0 Å². The Hall–Kier alpha value is -1.35. The third-order valence-electron chi connectivity index (χ3n) is 4.32. The van der Waals surface area contributed by atoms with E-state index in [4.69, 9.17) is 5.73 Å². The maximum absolute atomic E-state index is 11.8. The van der Waals surface area contributed by atoms with Crippen LogP contribution in [-0.2, 0) is 10.2 Å². The second-order valence-corrected chi connectivity index (χ2v) is 5.98. The van der Waals surface area contributed by atoms with E-state index >= 15 is 0 Å². The zero-order chi connectivity index (χ0) is 15.7. The molecule has 1 rings (SSSR count). The predicted molar refractivity (Wildman–Crippen MR) is 87.5 cm³/mol. The van der Waals surface area contributed by atoms with Gasteiger partial charge in [-0.2, -0.15) is 0 Å². The lowest BCUT2D eigenvalue weighted by Crippen LogP contribution is -2.43. The van der Waals surface area contributed by atoms with E-state index in [1.165, 1.54) is 25.7 Å². The Morgan fingerprint density at radius 3 is 2.19 bits per heavy atom. The molecule has 0 bridgehead atoms. The minimum absolute atomic E-state index is 0.153. The molecule has 1 atom stereocenters. The van der Waals surface area contributed by atoms with Gasteiger partial charge >= 0.3 is 5.97 Å². The van der Waals surface area contributed by atoms with Crippen LogP contribution in [-0.4, -0.2) is 17.6 Å². The molecule has 0 fully saturated rings. The lowest BCUT2D eigenvalue weighted by atomic mass is 9.76. The molecule has 0 radical (unpaired) electrons. The van der Waals surface area contributed by atoms with E-state index in [0.29, 0.717) is 6.42 Å². The van der Waals surface area contributed by atoms with Gasteiger partial charge in [-0.1, -0.05) is 75.3 Å². The third-order valence-corrected chi connectivity index (χ3v) is 4.32. The lowest BCUT2D eigenvalue weighted by Gasteiger charge is -2.28. The smallest absolute Gasteiger partial charge is 0.315 e. The largest absolute Gasteiger partial charge is 0.481 e. The Morgan fingerprint density at radius 2 is 1.67 bits per heavy atom. The predicted octanol–water partition coefficient (Wildman–Crippen LogP) is 4.03. The van der Waals surface area contributed by atoms with Gasteiger partial charge in [-0.05, 0) is 18.9 Å². The molecule has 3 nitrogen and oxygen atoms in total. The first-order valence-corrected chi connectivity index (χ1v) is 8.07. The first-order valence-electron chi connectivity index (χ1n) is 8.07. The highest BCUT2D eigenvalue weighted by Crippen LogP contribution is 2.30. The maximum atomic E-state index is 11.8. The van der Waals surface area contributed by atoms with Crippen LogP contribution in [0.1, 0.15) is 63.0 Å². The summed E-state index contributed by atoms with van der Waals surface area (Å²) in [7, 11) is 0. The minimum atomic E-state index is -0.932. The second-order valence-electron chi connectivity index (χ2n) is 5.98. The van der Waals surface area contributed by atoms with Gasteiger partial charge in [-0.3, -0.25) is 4.79 Å². The number of hydrogen-bond donors (Lipinski definition) is 2. The molecule has 0 heterocycles. The molecule has 0 spiro atoms. The molecule has 3 N–H and O–H groups in total. The normalized spacial score (nSPS) is 13.9. The molecule has 0 aromatic heterocycles. The average molecular weight is 291 g/mol. The SMILES string of the molecule is CCCCCCCCC(CN)(C(=O)O)c1ccc(C)cc1. The van der Waals surface area contributed by atoms with Crippen LogP contribution in [0, 0.1) is 6.92 Å². The molecule has 0 saturated heterocycles. The maximum Gasteiger partial charge on any atom is 0.315 e. The molecule has 3 heteroatoms. The van der Waals surface area contributed by atoms with Crippen molar-refractivity contribution in [1.29, 1.82) is 0 Å². The van der Waals surface area contributed by atoms with E-state index in [1.54, 1.807) is 0 Å². The van der Waals surface area contributed by atoms with Crippen molar-refractivity contribution in [2.45, 2.75) is 64.2 Å². The summed E-state index contributed by atoms with van der Waals surface area (Å²) in [6.45, 7) is 4.35. The van der Waals surface area contributed by atoms with Gasteiger partial charge in [0, 0.05) is 6.54 Å². The van der Waals surface area contributed by atoms with E-state index < -0.39 is 11.4 Å². The first kappa shape index (κ1) is 17.7. The minimum Gasteiger partial charge on any atom is -0.481 e. The summed E-state index contributed by atoms with van der Waals surface area (Å²) in [4.78, 5) is 11.8. The van der Waals surface area contributed by atoms with Crippen molar-refractivity contribution in [3.63, 3.8) is 0 Å². The van der Waals surface area contributed by atoms with Gasteiger partial charge in [-0.25, -0.2) is 0 Å². The number of carboxylic acids is 1. The summed E-state index contributed by atoms with van der Waals surface area (Å²) < 4.78 is 0. The fraction of sp³-hybridized carbons (Fsp3) is 0.611. The van der Waals surface area contributed by atoms with Gasteiger partial charge in [0.25, 0.3) is 0 Å². The van der Waals surface area contributed by atoms with Crippen LogP contribution in [0.4, 0.5) is 0 Å². The Labute approximate surface area is 128 Å². The molecule has 0 aliphatic rings. The molecular weight excluding hydrogens is 262 g/mol. The molecule has 0 saturated carbocycles. The first-order chi connectivity index (χ1) is 10.1. The summed E-state index contributed by atoms with van der Waals surface area (Å²) in [5, 5.41) is 9.71. The number of unbranched alkanes of at least 4 members (excludes halogenated alkanes) is 5. The number of hydrogen-bond acceptors (Lipinski definition) is 2. The lowest BCUT2D eigenvalue weighted by molar-refractivity contribution is -0.143. The van der Waals surface area contributed by atoms with Crippen molar-refractivity contribution >= 4 is 5.97 Å². The van der Waals surface area contributed by atoms with E-state index in [2.05, 4.69) is 6.92 Å². The van der Waals surface area contributed by atoms with Gasteiger partial charge in [-0.15, -0.1) is 0 Å². The van der Waals surface area contributed by atoms with E-state index in [9.17, 15) is 9.90 Å². The summed E-state index contributed by atoms with van der Waals surface area (Å²) >= 11 is 0. The van der Waals surface area contributed by atoms with Crippen molar-refractivity contribution in [1.82, 2.24) is 0 Å². The number of benzene rings is 1. The highest BCUT2D eigenvalue weighted by atomic mass is 16.4. The van der Waals surface area contributed by atoms with Gasteiger partial charge in [0.2, 0.25) is 0 Å². The van der Waals surface area contributed by atoms with Crippen molar-refractivity contribution in [2.24, 2.45) is 5.73 Å². The van der Waals surface area contributed by atoms with Gasteiger partial charge in [0.05, 0.1) is 0 Å². The highest BCUT2D eigenvalue weighted by molar-refractivity contribution is 5.81. The Bertz CT molecular complexity index is 427. The second kappa shape index (κ2) is 8.83. The Balaban J connectivity index is 2.71. The quantitative estimate of drug-likeness (QED) is 0.640. The van der Waals surface area contributed by atoms with Crippen LogP contribution in [0.25, 0.3) is 0 Å². The highest BCUT2D eigenvalue weighted by Gasteiger charge is 2.38. The van der Waals surface area contributed by atoms with Gasteiger partial charge in [0.15, 0.2) is 0 Å². The van der Waals surface area contributed by atoms with Gasteiger partial charge in [0.1, 0.15) is 5.41 Å².